The summed E-state index contributed by atoms with van der Waals surface area (Å²) >= 11 is 0. The zero-order valence-corrected chi connectivity index (χ0v) is 11.9. The molecule has 0 saturated heterocycles. The van der Waals surface area contributed by atoms with Crippen molar-refractivity contribution in [1.82, 2.24) is 4.98 Å². The number of nitrogens with zero attached hydrogens (tertiary/aromatic N) is 1. The van der Waals surface area contributed by atoms with Gasteiger partial charge in [0.05, 0.1) is 12.7 Å². The van der Waals surface area contributed by atoms with Gasteiger partial charge < -0.3 is 4.74 Å². The van der Waals surface area contributed by atoms with Crippen LogP contribution in [0.25, 0.3) is 0 Å². The van der Waals surface area contributed by atoms with Gasteiger partial charge in [-0.1, -0.05) is 25.6 Å². The molecular formula is C13H17NO2Si. The maximum Gasteiger partial charge on any atom is 0.357 e. The van der Waals surface area contributed by atoms with E-state index in [4.69, 9.17) is 4.74 Å². The Bertz CT molecular complexity index is 492. The maximum absolute atomic E-state index is 11.6. The fourth-order valence-corrected chi connectivity index (χ4v) is 1.67. The Morgan fingerprint density at radius 1 is 1.35 bits per heavy atom. The molecule has 0 atom stereocenters. The van der Waals surface area contributed by atoms with Crippen molar-refractivity contribution in [3.63, 3.8) is 0 Å². The quantitative estimate of drug-likeness (QED) is 0.434. The fourth-order valence-electron chi connectivity index (χ4n) is 1.16. The second-order valence-electron chi connectivity index (χ2n) is 4.84. The van der Waals surface area contributed by atoms with E-state index in [1.54, 1.807) is 0 Å². The Morgan fingerprint density at radius 3 is 2.53 bits per heavy atom. The van der Waals surface area contributed by atoms with E-state index in [0.29, 0.717) is 11.3 Å². The number of aryl methyl sites for hydroxylation is 1. The molecule has 0 bridgehead atoms. The second kappa shape index (κ2) is 5.15. The Kier molecular flexibility index (Phi) is 4.08. The number of pyridine rings is 1. The summed E-state index contributed by atoms with van der Waals surface area (Å²) < 4.78 is 4.71. The topological polar surface area (TPSA) is 39.2 Å². The SMILES string of the molecule is COC(=O)c1nc(C)ccc1C#C[Si](C)(C)C. The summed E-state index contributed by atoms with van der Waals surface area (Å²) in [5.74, 6) is 2.61. The second-order valence-corrected chi connectivity index (χ2v) is 9.59. The number of aromatic nitrogens is 1. The molecule has 90 valence electrons. The van der Waals surface area contributed by atoms with Gasteiger partial charge in [-0.25, -0.2) is 9.78 Å². The molecule has 4 heteroatoms. The highest BCUT2D eigenvalue weighted by molar-refractivity contribution is 6.83. The molecule has 17 heavy (non-hydrogen) atoms. The van der Waals surface area contributed by atoms with E-state index < -0.39 is 14.0 Å². The summed E-state index contributed by atoms with van der Waals surface area (Å²) in [7, 11) is -0.113. The van der Waals surface area contributed by atoms with Gasteiger partial charge in [-0.05, 0) is 19.1 Å². The number of hydrogen-bond donors (Lipinski definition) is 0. The number of ether oxygens (including phenoxy) is 1. The lowest BCUT2D eigenvalue weighted by atomic mass is 10.2. The number of esters is 1. The molecule has 0 aliphatic carbocycles. The molecule has 1 aromatic rings. The van der Waals surface area contributed by atoms with Crippen molar-refractivity contribution >= 4 is 14.0 Å². The van der Waals surface area contributed by atoms with Crippen LogP contribution in [0.1, 0.15) is 21.7 Å². The predicted molar refractivity (Wildman–Crippen MR) is 70.5 cm³/mol. The van der Waals surface area contributed by atoms with E-state index in [1.165, 1.54) is 7.11 Å². The number of rotatable bonds is 1. The molecule has 0 unspecified atom stereocenters. The normalized spacial score (nSPS) is 10.4. The molecule has 3 nitrogen and oxygen atoms in total. The van der Waals surface area contributed by atoms with Gasteiger partial charge in [-0.15, -0.1) is 5.54 Å². The van der Waals surface area contributed by atoms with Gasteiger partial charge in [0.2, 0.25) is 0 Å². The molecule has 0 radical (unpaired) electrons. The minimum absolute atomic E-state index is 0.304. The van der Waals surface area contributed by atoms with Gasteiger partial charge >= 0.3 is 5.97 Å². The number of carbonyl (C=O) groups excluding carboxylic acids is 1. The summed E-state index contributed by atoms with van der Waals surface area (Å²) in [6.07, 6.45) is 0. The zero-order valence-electron chi connectivity index (χ0n) is 10.9. The number of methoxy groups -OCH3 is 1. The van der Waals surface area contributed by atoms with Gasteiger partial charge in [0.15, 0.2) is 5.69 Å². The summed E-state index contributed by atoms with van der Waals surface area (Å²) in [6.45, 7) is 8.29. The molecule has 0 amide bonds. The molecule has 0 spiro atoms. The standard InChI is InChI=1S/C13H17NO2Si/c1-10-6-7-11(8-9-17(3,4)5)12(14-10)13(15)16-2/h6-7H,1-5H3. The molecule has 1 rings (SSSR count). The van der Waals surface area contributed by atoms with Crippen LogP contribution in [0.2, 0.25) is 19.6 Å². The molecule has 0 aliphatic rings. The first kappa shape index (κ1) is 13.5. The van der Waals surface area contributed by atoms with Gasteiger partial charge in [0.25, 0.3) is 0 Å². The predicted octanol–water partition coefficient (Wildman–Crippen LogP) is 2.41. The molecule has 0 aromatic carbocycles. The van der Waals surface area contributed by atoms with Crippen LogP contribution in [0.3, 0.4) is 0 Å². The Morgan fingerprint density at radius 2 is 2.00 bits per heavy atom. The number of carbonyl (C=O) groups is 1. The van der Waals surface area contributed by atoms with Crippen molar-refractivity contribution in [3.05, 3.63) is 29.1 Å². The van der Waals surface area contributed by atoms with Crippen LogP contribution in [-0.2, 0) is 4.74 Å². The van der Waals surface area contributed by atoms with Crippen LogP contribution >= 0.6 is 0 Å². The van der Waals surface area contributed by atoms with E-state index in [0.717, 1.165) is 5.69 Å². The van der Waals surface area contributed by atoms with E-state index in [1.807, 2.05) is 19.1 Å². The van der Waals surface area contributed by atoms with Crippen molar-refractivity contribution in [2.75, 3.05) is 7.11 Å². The average Bonchev–Trinajstić information content (AvgIpc) is 2.25. The third-order valence-electron chi connectivity index (χ3n) is 1.99. The first-order valence-corrected chi connectivity index (χ1v) is 8.92. The number of hydrogen-bond acceptors (Lipinski definition) is 3. The van der Waals surface area contributed by atoms with Crippen LogP contribution in [-0.4, -0.2) is 26.1 Å². The van der Waals surface area contributed by atoms with Gasteiger partial charge in [-0.3, -0.25) is 0 Å². The van der Waals surface area contributed by atoms with Gasteiger partial charge in [0, 0.05) is 5.69 Å². The van der Waals surface area contributed by atoms with Crippen LogP contribution in [0.15, 0.2) is 12.1 Å². The lowest BCUT2D eigenvalue weighted by Crippen LogP contribution is -2.16. The smallest absolute Gasteiger partial charge is 0.357 e. The van der Waals surface area contributed by atoms with Crippen LogP contribution in [0.4, 0.5) is 0 Å². The molecule has 1 aromatic heterocycles. The Labute approximate surface area is 103 Å². The lowest BCUT2D eigenvalue weighted by Gasteiger charge is -2.05. The molecule has 0 aliphatic heterocycles. The Hall–Kier alpha value is -1.60. The van der Waals surface area contributed by atoms with E-state index in [9.17, 15) is 4.79 Å². The van der Waals surface area contributed by atoms with Gasteiger partial charge in [-0.2, -0.15) is 0 Å². The minimum atomic E-state index is -1.46. The summed E-state index contributed by atoms with van der Waals surface area (Å²) in [6, 6.07) is 3.67. The maximum atomic E-state index is 11.6. The van der Waals surface area contributed by atoms with Crippen LogP contribution < -0.4 is 0 Å². The molecule has 0 saturated carbocycles. The summed E-state index contributed by atoms with van der Waals surface area (Å²) in [5.41, 5.74) is 4.95. The Balaban J connectivity index is 3.23. The first-order valence-electron chi connectivity index (χ1n) is 5.42. The van der Waals surface area contributed by atoms with Crippen molar-refractivity contribution in [1.29, 1.82) is 0 Å². The first-order chi connectivity index (χ1) is 7.83. The van der Waals surface area contributed by atoms with E-state index in [-0.39, 0.29) is 0 Å². The highest BCUT2D eigenvalue weighted by atomic mass is 28.3. The van der Waals surface area contributed by atoms with E-state index >= 15 is 0 Å². The van der Waals surface area contributed by atoms with E-state index in [2.05, 4.69) is 36.1 Å². The van der Waals surface area contributed by atoms with Crippen molar-refractivity contribution < 1.29 is 9.53 Å². The molecule has 0 N–H and O–H groups in total. The largest absolute Gasteiger partial charge is 0.464 e. The monoisotopic (exact) mass is 247 g/mol. The highest BCUT2D eigenvalue weighted by Crippen LogP contribution is 2.08. The highest BCUT2D eigenvalue weighted by Gasteiger charge is 2.13. The minimum Gasteiger partial charge on any atom is -0.464 e. The van der Waals surface area contributed by atoms with Crippen molar-refractivity contribution in [3.8, 4) is 11.5 Å². The van der Waals surface area contributed by atoms with Gasteiger partial charge in [0.1, 0.15) is 8.07 Å². The molecular weight excluding hydrogens is 230 g/mol. The average molecular weight is 247 g/mol. The van der Waals surface area contributed by atoms with Crippen molar-refractivity contribution in [2.45, 2.75) is 26.6 Å². The van der Waals surface area contributed by atoms with Crippen LogP contribution in [0, 0.1) is 18.4 Å². The fraction of sp³-hybridized carbons (Fsp3) is 0.385. The summed E-state index contributed by atoms with van der Waals surface area (Å²) in [4.78, 5) is 15.8. The van der Waals surface area contributed by atoms with Crippen LogP contribution in [0.5, 0.6) is 0 Å². The zero-order chi connectivity index (χ0) is 13.1. The van der Waals surface area contributed by atoms with Crippen molar-refractivity contribution in [2.24, 2.45) is 0 Å². The molecule has 1 heterocycles. The summed E-state index contributed by atoms with van der Waals surface area (Å²) in [5, 5.41) is 0. The molecule has 0 fully saturated rings. The lowest BCUT2D eigenvalue weighted by molar-refractivity contribution is 0.0593. The third kappa shape index (κ3) is 4.04. The third-order valence-corrected chi connectivity index (χ3v) is 2.86.